The van der Waals surface area contributed by atoms with Gasteiger partial charge in [0.25, 0.3) is 0 Å². The molecule has 1 unspecified atom stereocenters. The van der Waals surface area contributed by atoms with Crippen LogP contribution in [0.2, 0.25) is 5.02 Å². The Balaban J connectivity index is 0.000000427. The predicted octanol–water partition coefficient (Wildman–Crippen LogP) is 6.04. The second-order valence-electron chi connectivity index (χ2n) is 10.5. The van der Waals surface area contributed by atoms with Crippen LogP contribution in [0.3, 0.4) is 0 Å². The highest BCUT2D eigenvalue weighted by Crippen LogP contribution is 2.37. The summed E-state index contributed by atoms with van der Waals surface area (Å²) >= 11 is 6.21. The predicted molar refractivity (Wildman–Crippen MR) is 167 cm³/mol. The number of methoxy groups -OCH3 is 1. The zero-order chi connectivity index (χ0) is 31.9. The van der Waals surface area contributed by atoms with Crippen LogP contribution in [-0.2, 0) is 17.4 Å². The molecule has 1 N–H and O–H groups in total. The van der Waals surface area contributed by atoms with E-state index in [0.29, 0.717) is 44.4 Å². The zero-order valence-corrected chi connectivity index (χ0v) is 25.8. The molecule has 0 aliphatic heterocycles. The van der Waals surface area contributed by atoms with Crippen molar-refractivity contribution in [2.75, 3.05) is 7.11 Å². The van der Waals surface area contributed by atoms with Gasteiger partial charge in [0.2, 0.25) is 11.6 Å². The van der Waals surface area contributed by atoms with Crippen molar-refractivity contribution in [2.45, 2.75) is 51.6 Å². The maximum Gasteiger partial charge on any atom is 0.439 e. The van der Waals surface area contributed by atoms with Gasteiger partial charge in [-0.25, -0.2) is 19.7 Å². The smallest absolute Gasteiger partial charge is 0.366 e. The number of nitrogens with zero attached hydrogens (tertiary/aromatic N) is 7. The molecule has 1 aromatic carbocycles. The molecule has 1 aliphatic carbocycles. The average Bonchev–Trinajstić information content (AvgIpc) is 3.65. The van der Waals surface area contributed by atoms with Crippen LogP contribution in [0.25, 0.3) is 34.1 Å². The lowest BCUT2D eigenvalue weighted by molar-refractivity contribution is 0.0293. The number of imidazole rings is 1. The molecule has 1 aliphatic rings. The molecule has 1 saturated carbocycles. The fraction of sp³-hybridized carbons (Fsp3) is 0.344. The first-order valence-electron chi connectivity index (χ1n) is 14.1. The molecule has 4 aromatic heterocycles. The van der Waals surface area contributed by atoms with Gasteiger partial charge in [-0.3, -0.25) is 14.5 Å². The maximum atomic E-state index is 11.5. The van der Waals surface area contributed by atoms with E-state index in [9.17, 15) is 10.1 Å². The van der Waals surface area contributed by atoms with Gasteiger partial charge in [0.1, 0.15) is 22.6 Å². The van der Waals surface area contributed by atoms with E-state index >= 15 is 0 Å². The number of aryl methyl sites for hydroxylation is 1. The highest BCUT2D eigenvalue weighted by Gasteiger charge is 2.37. The lowest BCUT2D eigenvalue weighted by atomic mass is 9.90. The number of fused-ring (bicyclic) bond motifs is 1. The number of pyridine rings is 1. The molecule has 0 radical (unpaired) electrons. The summed E-state index contributed by atoms with van der Waals surface area (Å²) in [6.07, 6.45) is 18.6. The Kier molecular flexibility index (Phi) is 10.3. The number of H-pyrrole nitrogens is 1. The highest BCUT2D eigenvalue weighted by molar-refractivity contribution is 6.30. The number of aromatic amines is 1. The van der Waals surface area contributed by atoms with Gasteiger partial charge < -0.3 is 9.30 Å². The molecule has 0 amide bonds. The standard InChI is InChI=1S/C23H17ClN8O3.C7H14.C2H2/c1-23(34-3,15-7-5-4-6-12(15)9-25)21-29-18-17(32(21)2)16(13-8-14(24)11-26-10-13)27-19(28-18)20-30-22(33)35-31-20;1-7-5-3-2-4-6-7;1-2/h4-8,10-11H,1-3H3,(H,30,31,33);7H,2-6H2,1H3;1-2H. The number of nitrogens with one attached hydrogen (secondary N) is 1. The van der Waals surface area contributed by atoms with E-state index in [2.05, 4.69) is 55.5 Å². The molecule has 226 valence electrons. The molecule has 0 bridgehead atoms. The maximum absolute atomic E-state index is 11.5. The Morgan fingerprint density at radius 1 is 1.16 bits per heavy atom. The number of terminal acetylenes is 1. The van der Waals surface area contributed by atoms with Crippen molar-refractivity contribution in [3.63, 3.8) is 0 Å². The van der Waals surface area contributed by atoms with Gasteiger partial charge >= 0.3 is 5.76 Å². The molecular formula is C32H33ClN8O3. The van der Waals surface area contributed by atoms with E-state index in [-0.39, 0.29) is 11.6 Å². The van der Waals surface area contributed by atoms with Crippen molar-refractivity contribution in [2.24, 2.45) is 13.0 Å². The second kappa shape index (κ2) is 14.1. The highest BCUT2D eigenvalue weighted by atomic mass is 35.5. The van der Waals surface area contributed by atoms with Crippen molar-refractivity contribution in [1.82, 2.24) is 34.6 Å². The Hall–Kier alpha value is -4.84. The number of nitriles is 1. The Morgan fingerprint density at radius 2 is 1.89 bits per heavy atom. The van der Waals surface area contributed by atoms with Gasteiger partial charge in [-0.05, 0) is 25.0 Å². The van der Waals surface area contributed by atoms with Crippen LogP contribution in [0.4, 0.5) is 0 Å². The molecule has 0 saturated heterocycles. The van der Waals surface area contributed by atoms with Gasteiger partial charge in [-0.15, -0.1) is 12.8 Å². The Labute approximate surface area is 260 Å². The third kappa shape index (κ3) is 6.55. The number of ether oxygens (including phenoxy) is 1. The summed E-state index contributed by atoms with van der Waals surface area (Å²) in [5.41, 5.74) is 1.92. The first-order valence-corrected chi connectivity index (χ1v) is 14.4. The van der Waals surface area contributed by atoms with Crippen LogP contribution < -0.4 is 5.76 Å². The van der Waals surface area contributed by atoms with E-state index in [1.54, 1.807) is 43.1 Å². The van der Waals surface area contributed by atoms with Crippen LogP contribution in [0, 0.1) is 30.1 Å². The van der Waals surface area contributed by atoms with Crippen molar-refractivity contribution < 1.29 is 9.26 Å². The SMILES string of the molecule is C#C.CC1CCCCC1.COC(C)(c1ccccc1C#N)c1nc2nc(-c3noc(=O)[nH]3)nc(-c3cncc(Cl)c3)c2n1C. The van der Waals surface area contributed by atoms with Crippen LogP contribution in [-0.4, -0.2) is 41.8 Å². The fourth-order valence-electron chi connectivity index (χ4n) is 5.34. The molecular weight excluding hydrogens is 580 g/mol. The van der Waals surface area contributed by atoms with Crippen molar-refractivity contribution in [3.05, 3.63) is 75.3 Å². The number of benzene rings is 1. The summed E-state index contributed by atoms with van der Waals surface area (Å²) in [5, 5.41) is 13.8. The molecule has 12 heteroatoms. The Bertz CT molecular complexity index is 1860. The summed E-state index contributed by atoms with van der Waals surface area (Å²) in [7, 11) is 3.35. The third-order valence-electron chi connectivity index (χ3n) is 7.65. The minimum atomic E-state index is -1.10. The van der Waals surface area contributed by atoms with E-state index in [0.717, 1.165) is 5.92 Å². The van der Waals surface area contributed by atoms with Gasteiger partial charge in [-0.1, -0.05) is 74.0 Å². The average molecular weight is 613 g/mol. The van der Waals surface area contributed by atoms with Gasteiger partial charge in [0.05, 0.1) is 16.7 Å². The number of halogens is 1. The minimum Gasteiger partial charge on any atom is -0.366 e. The van der Waals surface area contributed by atoms with E-state index in [1.807, 2.05) is 19.1 Å². The zero-order valence-electron chi connectivity index (χ0n) is 25.0. The summed E-state index contributed by atoms with van der Waals surface area (Å²) < 4.78 is 12.4. The monoisotopic (exact) mass is 612 g/mol. The quantitative estimate of drug-likeness (QED) is 0.234. The van der Waals surface area contributed by atoms with E-state index in [1.165, 1.54) is 38.3 Å². The molecule has 1 atom stereocenters. The Morgan fingerprint density at radius 3 is 2.48 bits per heavy atom. The first-order chi connectivity index (χ1) is 21.2. The van der Waals surface area contributed by atoms with E-state index in [4.69, 9.17) is 21.3 Å². The summed E-state index contributed by atoms with van der Waals surface area (Å²) in [6.45, 7) is 4.19. The molecule has 6 rings (SSSR count). The number of rotatable bonds is 5. The third-order valence-corrected chi connectivity index (χ3v) is 7.86. The molecule has 11 nitrogen and oxygen atoms in total. The number of hydrogen-bond acceptors (Lipinski definition) is 9. The van der Waals surface area contributed by atoms with Gasteiger partial charge in [0, 0.05) is 37.7 Å². The van der Waals surface area contributed by atoms with Crippen molar-refractivity contribution >= 4 is 22.8 Å². The van der Waals surface area contributed by atoms with Crippen molar-refractivity contribution in [1.29, 1.82) is 5.26 Å². The van der Waals surface area contributed by atoms with E-state index < -0.39 is 11.4 Å². The topological polar surface area (TPSA) is 148 Å². The van der Waals surface area contributed by atoms with Gasteiger partial charge in [0.15, 0.2) is 5.65 Å². The summed E-state index contributed by atoms with van der Waals surface area (Å²) in [5.74, 6) is 0.920. The van der Waals surface area contributed by atoms with Crippen molar-refractivity contribution in [3.8, 4) is 41.8 Å². The summed E-state index contributed by atoms with van der Waals surface area (Å²) in [4.78, 5) is 32.1. The van der Waals surface area contributed by atoms with Crippen LogP contribution in [0.5, 0.6) is 0 Å². The lowest BCUT2D eigenvalue weighted by Crippen LogP contribution is -2.30. The second-order valence-corrected chi connectivity index (χ2v) is 11.0. The molecule has 44 heavy (non-hydrogen) atoms. The van der Waals surface area contributed by atoms with Gasteiger partial charge in [-0.2, -0.15) is 5.26 Å². The van der Waals surface area contributed by atoms with Crippen LogP contribution >= 0.6 is 11.6 Å². The molecule has 1 fully saturated rings. The molecule has 4 heterocycles. The normalized spacial score (nSPS) is 14.4. The minimum absolute atomic E-state index is 0.0460. The molecule has 0 spiro atoms. The number of aromatic nitrogens is 7. The molecule has 5 aromatic rings. The summed E-state index contributed by atoms with van der Waals surface area (Å²) in [6, 6.07) is 11.1. The van der Waals surface area contributed by atoms with Crippen LogP contribution in [0.15, 0.2) is 52.0 Å². The fourth-order valence-corrected chi connectivity index (χ4v) is 5.51. The lowest BCUT2D eigenvalue weighted by Gasteiger charge is -2.29. The van der Waals surface area contributed by atoms with Crippen LogP contribution in [0.1, 0.15) is 62.9 Å². The number of hydrogen-bond donors (Lipinski definition) is 1. The largest absolute Gasteiger partial charge is 0.439 e. The first kappa shape index (κ1) is 32.1.